The van der Waals surface area contributed by atoms with Crippen LogP contribution in [0, 0.1) is 0 Å². The van der Waals surface area contributed by atoms with Gasteiger partial charge >= 0.3 is 0 Å². The summed E-state index contributed by atoms with van der Waals surface area (Å²) in [6.07, 6.45) is 0. The maximum absolute atomic E-state index is 11.6. The molecule has 5 heteroatoms. The van der Waals surface area contributed by atoms with E-state index in [0.717, 1.165) is 16.3 Å². The maximum Gasteiger partial charge on any atom is 0.171 e. The lowest BCUT2D eigenvalue weighted by atomic mass is 10.2. The fraction of sp³-hybridized carbons (Fsp3) is 0.286. The van der Waals surface area contributed by atoms with Gasteiger partial charge in [-0.05, 0) is 24.3 Å². The fourth-order valence-electron chi connectivity index (χ4n) is 1.72. The second kappa shape index (κ2) is 5.95. The summed E-state index contributed by atoms with van der Waals surface area (Å²) >= 11 is 1.39. The van der Waals surface area contributed by atoms with Gasteiger partial charge in [-0.3, -0.25) is 4.79 Å². The maximum atomic E-state index is 11.6. The largest absolute Gasteiger partial charge is 0.497 e. The predicted molar refractivity (Wildman–Crippen MR) is 74.8 cm³/mol. The Hall–Kier alpha value is -1.72. The third kappa shape index (κ3) is 3.00. The molecule has 0 aliphatic carbocycles. The molecule has 0 radical (unpaired) electrons. The molecule has 4 nitrogen and oxygen atoms in total. The van der Waals surface area contributed by atoms with Crippen molar-refractivity contribution in [2.45, 2.75) is 13.5 Å². The molecule has 1 heterocycles. The number of thiazole rings is 1. The average Bonchev–Trinajstić information content (AvgIpc) is 2.83. The number of nitrogens with zero attached hydrogens (tertiary/aromatic N) is 1. The van der Waals surface area contributed by atoms with Crippen LogP contribution in [0.25, 0.3) is 10.6 Å². The highest BCUT2D eigenvalue weighted by Crippen LogP contribution is 2.30. The summed E-state index contributed by atoms with van der Waals surface area (Å²) in [7, 11) is 3.22. The molecule has 19 heavy (non-hydrogen) atoms. The number of Topliss-reactive ketones (excluding diaryl/α,β-unsaturated/α-hetero) is 1. The van der Waals surface area contributed by atoms with Crippen molar-refractivity contribution in [1.29, 1.82) is 0 Å². The Balaban J connectivity index is 2.38. The van der Waals surface area contributed by atoms with E-state index in [1.165, 1.54) is 11.3 Å². The first-order valence-electron chi connectivity index (χ1n) is 5.79. The monoisotopic (exact) mass is 277 g/mol. The molecule has 1 aromatic carbocycles. The van der Waals surface area contributed by atoms with Gasteiger partial charge in [0.25, 0.3) is 0 Å². The lowest BCUT2D eigenvalue weighted by Crippen LogP contribution is -1.97. The number of ether oxygens (including phenoxy) is 2. The molecule has 0 bridgehead atoms. The summed E-state index contributed by atoms with van der Waals surface area (Å²) in [5.74, 6) is 0.813. The molecule has 0 fully saturated rings. The lowest BCUT2D eigenvalue weighted by molar-refractivity contribution is 0.101. The summed E-state index contributed by atoms with van der Waals surface area (Å²) in [5, 5.41) is 0.819. The fourth-order valence-corrected chi connectivity index (χ4v) is 2.69. The quantitative estimate of drug-likeness (QED) is 0.788. The van der Waals surface area contributed by atoms with Crippen molar-refractivity contribution in [3.05, 3.63) is 34.8 Å². The molecule has 0 spiro atoms. The Kier molecular flexibility index (Phi) is 4.29. The highest BCUT2D eigenvalue weighted by Gasteiger charge is 2.15. The minimum atomic E-state index is 0.0179. The highest BCUT2D eigenvalue weighted by atomic mass is 32.1. The van der Waals surface area contributed by atoms with Gasteiger partial charge in [0.05, 0.1) is 24.3 Å². The van der Waals surface area contributed by atoms with E-state index in [2.05, 4.69) is 4.98 Å². The Morgan fingerprint density at radius 1 is 1.26 bits per heavy atom. The van der Waals surface area contributed by atoms with Crippen LogP contribution in [0.2, 0.25) is 0 Å². The molecule has 0 aliphatic rings. The first-order chi connectivity index (χ1) is 9.15. The molecular formula is C14H15NO3S. The van der Waals surface area contributed by atoms with Gasteiger partial charge in [-0.2, -0.15) is 0 Å². The van der Waals surface area contributed by atoms with Gasteiger partial charge in [0.1, 0.15) is 10.8 Å². The smallest absolute Gasteiger partial charge is 0.171 e. The highest BCUT2D eigenvalue weighted by molar-refractivity contribution is 7.17. The van der Waals surface area contributed by atoms with Crippen molar-refractivity contribution in [2.75, 3.05) is 14.2 Å². The van der Waals surface area contributed by atoms with Gasteiger partial charge in [0.2, 0.25) is 0 Å². The standard InChI is InChI=1S/C14H15NO3S/c1-9(16)13-12(8-17-2)15-14(19-13)10-4-6-11(18-3)7-5-10/h4-7H,8H2,1-3H3. The van der Waals surface area contributed by atoms with E-state index >= 15 is 0 Å². The zero-order chi connectivity index (χ0) is 13.8. The van der Waals surface area contributed by atoms with Crippen molar-refractivity contribution in [3.8, 4) is 16.3 Å². The van der Waals surface area contributed by atoms with E-state index in [1.807, 2.05) is 24.3 Å². The molecule has 0 unspecified atom stereocenters. The summed E-state index contributed by atoms with van der Waals surface area (Å²) in [5.41, 5.74) is 1.67. The third-order valence-corrected chi connectivity index (χ3v) is 3.88. The number of ketones is 1. The number of rotatable bonds is 5. The number of carbonyl (C=O) groups is 1. The van der Waals surface area contributed by atoms with Crippen molar-refractivity contribution < 1.29 is 14.3 Å². The number of benzene rings is 1. The minimum absolute atomic E-state index is 0.0179. The Morgan fingerprint density at radius 2 is 1.95 bits per heavy atom. The van der Waals surface area contributed by atoms with E-state index in [9.17, 15) is 4.79 Å². The molecule has 100 valence electrons. The van der Waals surface area contributed by atoms with Crippen molar-refractivity contribution in [3.63, 3.8) is 0 Å². The molecule has 1 aromatic heterocycles. The summed E-state index contributed by atoms with van der Waals surface area (Å²) in [4.78, 5) is 16.7. The Labute approximate surface area is 116 Å². The molecule has 0 saturated carbocycles. The first-order valence-corrected chi connectivity index (χ1v) is 6.61. The van der Waals surface area contributed by atoms with Crippen LogP contribution in [0.15, 0.2) is 24.3 Å². The van der Waals surface area contributed by atoms with E-state index in [-0.39, 0.29) is 5.78 Å². The van der Waals surface area contributed by atoms with Crippen LogP contribution in [0.4, 0.5) is 0 Å². The van der Waals surface area contributed by atoms with Crippen LogP contribution in [-0.2, 0) is 11.3 Å². The van der Waals surface area contributed by atoms with Gasteiger partial charge in [-0.25, -0.2) is 4.98 Å². The Morgan fingerprint density at radius 3 is 2.47 bits per heavy atom. The third-order valence-electron chi connectivity index (χ3n) is 2.64. The zero-order valence-corrected chi connectivity index (χ0v) is 11.9. The number of hydrogen-bond acceptors (Lipinski definition) is 5. The molecule has 2 rings (SSSR count). The molecule has 0 N–H and O–H groups in total. The minimum Gasteiger partial charge on any atom is -0.497 e. The van der Waals surface area contributed by atoms with E-state index in [0.29, 0.717) is 17.2 Å². The molecule has 0 atom stereocenters. The number of aromatic nitrogens is 1. The van der Waals surface area contributed by atoms with Gasteiger partial charge in [-0.1, -0.05) is 0 Å². The van der Waals surface area contributed by atoms with Crippen LogP contribution in [0.1, 0.15) is 22.3 Å². The second-order valence-corrected chi connectivity index (χ2v) is 5.01. The molecule has 0 saturated heterocycles. The first kappa shape index (κ1) is 13.7. The molecule has 2 aromatic rings. The van der Waals surface area contributed by atoms with E-state index < -0.39 is 0 Å². The lowest BCUT2D eigenvalue weighted by Gasteiger charge is -2.00. The van der Waals surface area contributed by atoms with E-state index in [1.54, 1.807) is 21.1 Å². The van der Waals surface area contributed by atoms with Crippen LogP contribution in [-0.4, -0.2) is 25.0 Å². The van der Waals surface area contributed by atoms with Crippen LogP contribution < -0.4 is 4.74 Å². The number of methoxy groups -OCH3 is 2. The van der Waals surface area contributed by atoms with Gasteiger partial charge < -0.3 is 9.47 Å². The van der Waals surface area contributed by atoms with E-state index in [4.69, 9.17) is 9.47 Å². The van der Waals surface area contributed by atoms with Gasteiger partial charge in [0.15, 0.2) is 5.78 Å². The average molecular weight is 277 g/mol. The van der Waals surface area contributed by atoms with Gasteiger partial charge in [0, 0.05) is 19.6 Å². The number of hydrogen-bond donors (Lipinski definition) is 0. The van der Waals surface area contributed by atoms with Crippen molar-refractivity contribution in [2.24, 2.45) is 0 Å². The van der Waals surface area contributed by atoms with Crippen molar-refractivity contribution >= 4 is 17.1 Å². The van der Waals surface area contributed by atoms with Crippen LogP contribution >= 0.6 is 11.3 Å². The summed E-state index contributed by atoms with van der Waals surface area (Å²) in [6, 6.07) is 7.61. The Bertz CT molecular complexity index is 575. The van der Waals surface area contributed by atoms with Crippen LogP contribution in [0.3, 0.4) is 0 Å². The molecular weight excluding hydrogens is 262 g/mol. The second-order valence-electron chi connectivity index (χ2n) is 4.01. The predicted octanol–water partition coefficient (Wildman–Crippen LogP) is 3.17. The van der Waals surface area contributed by atoms with Crippen LogP contribution in [0.5, 0.6) is 5.75 Å². The summed E-state index contributed by atoms with van der Waals surface area (Å²) in [6.45, 7) is 1.89. The molecule has 0 aliphatic heterocycles. The molecule has 0 amide bonds. The summed E-state index contributed by atoms with van der Waals surface area (Å²) < 4.78 is 10.2. The zero-order valence-electron chi connectivity index (χ0n) is 11.1. The normalized spacial score (nSPS) is 10.5. The topological polar surface area (TPSA) is 48.4 Å². The number of carbonyl (C=O) groups excluding carboxylic acids is 1. The van der Waals surface area contributed by atoms with Crippen molar-refractivity contribution in [1.82, 2.24) is 4.98 Å². The SMILES string of the molecule is COCc1nc(-c2ccc(OC)cc2)sc1C(C)=O. The van der Waals surface area contributed by atoms with Gasteiger partial charge in [-0.15, -0.1) is 11.3 Å².